The Labute approximate surface area is 808 Å². The minimum absolute atomic E-state index is 0. The average Bonchev–Trinajstić information content (AvgIpc) is 0.756. The van der Waals surface area contributed by atoms with Crippen LogP contribution in [0.5, 0.6) is 0 Å². The maximum Gasteiger partial charge on any atom is 0 e. The van der Waals surface area contributed by atoms with Crippen molar-refractivity contribution in [2.45, 2.75) is 466 Å². The molecular formula is C127H230. The van der Waals surface area contributed by atoms with E-state index in [1.165, 1.54) is 387 Å². The largest absolute Gasteiger partial charge is 0.103 e. The number of unbranched alkanes of at least 4 members (excludes halogenated alkanes) is 3. The molecule has 127 heavy (non-hydrogen) atoms. The van der Waals surface area contributed by atoms with Gasteiger partial charge in [0, 0.05) is 17.1 Å². The van der Waals surface area contributed by atoms with Crippen LogP contribution in [0.1, 0.15) is 485 Å². The number of benzene rings is 3. The third kappa shape index (κ3) is 38.6. The molecule has 0 aliphatic heterocycles. The highest BCUT2D eigenvalue weighted by molar-refractivity contribution is 5.64. The molecule has 12 aliphatic carbocycles. The maximum absolute atomic E-state index is 3.97. The highest BCUT2D eigenvalue weighted by atomic mass is 14.4. The van der Waals surface area contributed by atoms with Gasteiger partial charge in [0.2, 0.25) is 0 Å². The molecule has 0 nitrogen and oxygen atoms in total. The van der Waals surface area contributed by atoms with E-state index in [2.05, 4.69) is 223 Å². The van der Waals surface area contributed by atoms with Gasteiger partial charge in [-0.05, 0) is 449 Å². The fraction of sp³-hybridized carbons (Fsp3) is 0.748. The summed E-state index contributed by atoms with van der Waals surface area (Å²) in [5.74, 6) is 24.0. The van der Waals surface area contributed by atoms with Crippen LogP contribution in [0.3, 0.4) is 0 Å². The number of allylic oxidation sites excluding steroid dienone is 9. The average molecular weight is 1760 g/mol. The molecule has 0 heterocycles. The van der Waals surface area contributed by atoms with Gasteiger partial charge in [-0.15, -0.1) is 32.9 Å². The van der Waals surface area contributed by atoms with Crippen molar-refractivity contribution in [3.05, 3.63) is 183 Å². The van der Waals surface area contributed by atoms with Crippen molar-refractivity contribution in [1.29, 1.82) is 0 Å². The summed E-state index contributed by atoms with van der Waals surface area (Å²) in [7, 11) is 0. The molecule has 0 aromatic heterocycles. The van der Waals surface area contributed by atoms with Gasteiger partial charge in [0.05, 0.1) is 0 Å². The summed E-state index contributed by atoms with van der Waals surface area (Å²) in [5.41, 5.74) is 8.26. The van der Waals surface area contributed by atoms with Gasteiger partial charge in [0.1, 0.15) is 0 Å². The molecule has 0 atom stereocenters. The summed E-state index contributed by atoms with van der Waals surface area (Å²) in [6.45, 7) is 40.0. The quantitative estimate of drug-likeness (QED) is 0.0480. The zero-order chi connectivity index (χ0) is 90.0. The number of aryl methyl sites for hydroxylation is 3. The first-order valence-corrected chi connectivity index (χ1v) is 56.8. The molecule has 3 aromatic carbocycles. The molecule has 0 radical (unpaired) electrons. The van der Waals surface area contributed by atoms with Crippen molar-refractivity contribution < 1.29 is 17.1 Å². The lowest BCUT2D eigenvalue weighted by molar-refractivity contribution is 0.151. The minimum Gasteiger partial charge on any atom is -0.103 e. The van der Waals surface area contributed by atoms with Crippen molar-refractivity contribution >= 4 is 0 Å². The standard InChI is InChI=1S/C21H30.C19H34.C18H20.2C18H32.C17H30.C16H28.12H2/c1-3-17-6-10-19(11-7-17)21-14-12-20(13-15-21)18-8-4-16(2)5-9-18;1-3-5-6-7-17-10-14-19(15-11-17)18-12-8-16(4-2)9-13-18;1-3-4-5-6-16-9-13-18(14-10-16)17-11-7-15(2)8-12-17;1-3-5-6-16-9-13-18(14-10-16)17-11-7-15(4-2)8-12-17;1-3-5-15-7-11-17(12-8-15)18-13-9-16(6-4-2)10-14-18;1-3-5-15-8-12-17(13-9-15)16-10-6-14(4-2)7-11-16;1-3-13-5-9-15(10-6-13)16-11-7-14(4-2)8-12-16;;;;;;;;;;;;/h3-5,8-9,17,19-21H,1,6-7,10-15H2,2H3;4,16-19H,2-3,5-15H2,1H3;3-4,7-14H,5-6H2,1-2H3;4,15-18H,2-3,5-14H2,1H3;3,5,15-18H,4,6-14H2,1-2H3;4,14-17H,2-3,5-13H2,1H3;3,13-16H,1,4-12H2,2H3;12*1H/b;;4-3+;;5-3+;;;;;;;;;;;;;;. The Bertz CT molecular complexity index is 3350. The van der Waals surface area contributed by atoms with Crippen molar-refractivity contribution in [1.82, 2.24) is 0 Å². The molecule has 12 aliphatic rings. The molecule has 0 heteroatoms. The Morgan fingerprint density at radius 1 is 0.260 bits per heavy atom. The summed E-state index contributed by atoms with van der Waals surface area (Å²) in [6, 6.07) is 26.9. The van der Waals surface area contributed by atoms with Crippen LogP contribution in [0.15, 0.2) is 160 Å². The van der Waals surface area contributed by atoms with Gasteiger partial charge < -0.3 is 0 Å². The maximum atomic E-state index is 3.97. The van der Waals surface area contributed by atoms with Crippen molar-refractivity contribution in [3.8, 4) is 11.1 Å². The van der Waals surface area contributed by atoms with Gasteiger partial charge in [-0.25, -0.2) is 0 Å². The van der Waals surface area contributed by atoms with E-state index in [-0.39, 0.29) is 17.1 Å². The smallest absolute Gasteiger partial charge is 0 e. The zero-order valence-corrected chi connectivity index (χ0v) is 85.4. The van der Waals surface area contributed by atoms with Gasteiger partial charge in [-0.2, -0.15) is 0 Å². The molecule has 0 saturated heterocycles. The fourth-order valence-corrected chi connectivity index (χ4v) is 28.0. The number of hydrogen-bond donors (Lipinski definition) is 0. The van der Waals surface area contributed by atoms with E-state index in [9.17, 15) is 0 Å². The third-order valence-corrected chi connectivity index (χ3v) is 37.1. The van der Waals surface area contributed by atoms with E-state index in [1.807, 2.05) is 0 Å². The Morgan fingerprint density at radius 3 is 0.795 bits per heavy atom. The van der Waals surface area contributed by atoms with Crippen LogP contribution in [0.25, 0.3) is 11.1 Å². The first kappa shape index (κ1) is 107. The van der Waals surface area contributed by atoms with Crippen LogP contribution in [0, 0.1) is 150 Å². The molecule has 738 valence electrons. The molecule has 12 saturated carbocycles. The number of rotatable bonds is 29. The lowest BCUT2D eigenvalue weighted by atomic mass is 9.68. The fourth-order valence-electron chi connectivity index (χ4n) is 28.0. The number of hydrogen-bond acceptors (Lipinski definition) is 0. The molecule has 0 unspecified atom stereocenters. The first-order valence-electron chi connectivity index (χ1n) is 56.8. The van der Waals surface area contributed by atoms with Gasteiger partial charge in [0.25, 0.3) is 0 Å². The molecular weight excluding hydrogens is 1530 g/mol. The predicted octanol–water partition coefficient (Wildman–Crippen LogP) is 43.5. The van der Waals surface area contributed by atoms with Crippen LogP contribution in [-0.4, -0.2) is 0 Å². The Hall–Kier alpha value is -4.16. The van der Waals surface area contributed by atoms with Crippen LogP contribution in [0.4, 0.5) is 0 Å². The summed E-state index contributed by atoms with van der Waals surface area (Å²) >= 11 is 0. The highest BCUT2D eigenvalue weighted by Crippen LogP contribution is 2.50. The lowest BCUT2D eigenvalue weighted by Gasteiger charge is -2.37. The van der Waals surface area contributed by atoms with Crippen LogP contribution >= 0.6 is 0 Å². The highest BCUT2D eigenvalue weighted by Gasteiger charge is 2.37. The van der Waals surface area contributed by atoms with E-state index in [4.69, 9.17) is 0 Å². The van der Waals surface area contributed by atoms with Crippen LogP contribution < -0.4 is 0 Å². The van der Waals surface area contributed by atoms with E-state index in [0.717, 1.165) is 155 Å². The van der Waals surface area contributed by atoms with Gasteiger partial charge in [0.15, 0.2) is 0 Å². The summed E-state index contributed by atoms with van der Waals surface area (Å²) in [4.78, 5) is 0. The van der Waals surface area contributed by atoms with E-state index >= 15 is 0 Å². The van der Waals surface area contributed by atoms with Crippen molar-refractivity contribution in [2.24, 2.45) is 136 Å². The van der Waals surface area contributed by atoms with Gasteiger partial charge in [-0.3, -0.25) is 0 Å². The lowest BCUT2D eigenvalue weighted by Crippen LogP contribution is -2.25. The topological polar surface area (TPSA) is 0 Å². The monoisotopic (exact) mass is 1760 g/mol. The van der Waals surface area contributed by atoms with Crippen molar-refractivity contribution in [3.63, 3.8) is 0 Å². The van der Waals surface area contributed by atoms with Gasteiger partial charge in [-0.1, -0.05) is 314 Å². The summed E-state index contributed by atoms with van der Waals surface area (Å²) in [5, 5.41) is 0. The predicted molar refractivity (Wildman–Crippen MR) is 590 cm³/mol. The third-order valence-electron chi connectivity index (χ3n) is 37.1. The molecule has 0 N–H and O–H groups in total. The molecule has 0 spiro atoms. The van der Waals surface area contributed by atoms with E-state index < -0.39 is 0 Å². The summed E-state index contributed by atoms with van der Waals surface area (Å²) < 4.78 is 0. The molecule has 15 rings (SSSR count). The molecule has 3 aromatic rings. The van der Waals surface area contributed by atoms with Gasteiger partial charge >= 0.3 is 0 Å². The zero-order valence-electron chi connectivity index (χ0n) is 85.4. The van der Waals surface area contributed by atoms with E-state index in [0.29, 0.717) is 0 Å². The van der Waals surface area contributed by atoms with Crippen LogP contribution in [0.2, 0.25) is 0 Å². The normalized spacial score (nSPS) is 33.5. The first-order chi connectivity index (χ1) is 62.2. The second-order valence-electron chi connectivity index (χ2n) is 45.5. The van der Waals surface area contributed by atoms with E-state index in [1.54, 1.807) is 31.2 Å². The Morgan fingerprint density at radius 2 is 0.520 bits per heavy atom. The second kappa shape index (κ2) is 62.4. The van der Waals surface area contributed by atoms with Crippen molar-refractivity contribution in [2.75, 3.05) is 0 Å². The molecule has 0 amide bonds. The summed E-state index contributed by atoms with van der Waals surface area (Å²) in [6.07, 6.45) is 111. The Kier molecular flexibility index (Phi) is 52.3. The second-order valence-corrected chi connectivity index (χ2v) is 45.5. The van der Waals surface area contributed by atoms with Crippen LogP contribution in [-0.2, 0) is 6.42 Å². The Balaban J connectivity index is -0.000000755. The molecule has 12 fully saturated rings. The molecule has 0 bridgehead atoms. The minimum atomic E-state index is 0. The SMILES string of the molecule is C/C=C/C1CCC(C2CCC(CCC)CC2)CC1.C/C=C/CCc1ccc(-c2ccc(C)cc2)cc1.C=CC1CCC(C2CCC(CC)CC2)CC1.C=CC1CCC(C2CCC(CCC)CC2)CC1.C=CC1CCC(C2CCC(CCCC)CC2)CC1.C=CC1CCC(C2CCC(CCCCC)CC2)CC1.C=CC1CCC(C2CCC(c3ccc(C)cc3)CC2)CC1.[HH].[HH].[HH].[HH].[HH].[HH].[HH].[HH].[HH].[HH].[HH].[HH].